The minimum atomic E-state index is 0.621. The van der Waals surface area contributed by atoms with Crippen molar-refractivity contribution in [3.05, 3.63) is 45.5 Å². The molecular formula is C11H5IN. The fourth-order valence-electron chi connectivity index (χ4n) is 1.28. The highest BCUT2D eigenvalue weighted by Crippen LogP contribution is 2.20. The molecule has 0 aliphatic heterocycles. The molecule has 0 saturated carbocycles. The van der Waals surface area contributed by atoms with Crippen LogP contribution in [0.5, 0.6) is 0 Å². The van der Waals surface area contributed by atoms with E-state index in [-0.39, 0.29) is 0 Å². The van der Waals surface area contributed by atoms with Crippen molar-refractivity contribution in [3.8, 4) is 6.07 Å². The van der Waals surface area contributed by atoms with Gasteiger partial charge in [0.25, 0.3) is 0 Å². The topological polar surface area (TPSA) is 23.8 Å². The van der Waals surface area contributed by atoms with Crippen molar-refractivity contribution in [2.24, 2.45) is 0 Å². The number of halogens is 1. The summed E-state index contributed by atoms with van der Waals surface area (Å²) in [5, 5.41) is 10.9. The minimum Gasteiger partial charge on any atom is -0.192 e. The Hall–Kier alpha value is -1.08. The Kier molecular flexibility index (Phi) is 2.19. The highest BCUT2D eigenvalue weighted by atomic mass is 127. The van der Waals surface area contributed by atoms with Crippen LogP contribution in [0.1, 0.15) is 5.56 Å². The molecule has 0 aromatic heterocycles. The summed E-state index contributed by atoms with van der Waals surface area (Å²) in [7, 11) is 0. The number of benzene rings is 2. The van der Waals surface area contributed by atoms with E-state index >= 15 is 0 Å². The molecule has 0 unspecified atom stereocenters. The fraction of sp³-hybridized carbons (Fsp3) is 0. The SMILES string of the molecule is N#Cc1[c]ccc2ccc(I)cc12. The first-order valence-corrected chi connectivity index (χ1v) is 4.89. The van der Waals surface area contributed by atoms with Crippen molar-refractivity contribution in [3.63, 3.8) is 0 Å². The standard InChI is InChI=1S/C11H5IN/c12-10-5-4-8-2-1-3-9(7-13)11(8)6-10/h1-2,4-6H. The Morgan fingerprint density at radius 3 is 2.92 bits per heavy atom. The molecule has 2 rings (SSSR count). The van der Waals surface area contributed by atoms with Crippen molar-refractivity contribution in [1.82, 2.24) is 0 Å². The van der Waals surface area contributed by atoms with Crippen molar-refractivity contribution in [2.75, 3.05) is 0 Å². The molecule has 2 heteroatoms. The van der Waals surface area contributed by atoms with Crippen LogP contribution in [0.4, 0.5) is 0 Å². The van der Waals surface area contributed by atoms with Gasteiger partial charge in [0.2, 0.25) is 0 Å². The summed E-state index contributed by atoms with van der Waals surface area (Å²) in [6.45, 7) is 0. The Morgan fingerprint density at radius 1 is 1.31 bits per heavy atom. The highest BCUT2D eigenvalue weighted by molar-refractivity contribution is 14.1. The molecule has 0 aliphatic rings. The third-order valence-electron chi connectivity index (χ3n) is 1.89. The zero-order valence-corrected chi connectivity index (χ0v) is 8.87. The lowest BCUT2D eigenvalue weighted by Crippen LogP contribution is -1.80. The van der Waals surface area contributed by atoms with Crippen molar-refractivity contribution < 1.29 is 0 Å². The van der Waals surface area contributed by atoms with Gasteiger partial charge in [-0.3, -0.25) is 0 Å². The third kappa shape index (κ3) is 1.52. The van der Waals surface area contributed by atoms with E-state index in [2.05, 4.69) is 34.7 Å². The van der Waals surface area contributed by atoms with Gasteiger partial charge in [0.15, 0.2) is 0 Å². The van der Waals surface area contributed by atoms with E-state index in [4.69, 9.17) is 5.26 Å². The summed E-state index contributed by atoms with van der Waals surface area (Å²) < 4.78 is 1.14. The van der Waals surface area contributed by atoms with E-state index in [1.165, 1.54) is 0 Å². The second-order valence-electron chi connectivity index (χ2n) is 2.70. The molecule has 2 aromatic rings. The highest BCUT2D eigenvalue weighted by Gasteiger charge is 1.99. The maximum Gasteiger partial charge on any atom is 0.100 e. The lowest BCUT2D eigenvalue weighted by Gasteiger charge is -1.99. The molecule has 0 aliphatic carbocycles. The van der Waals surface area contributed by atoms with Gasteiger partial charge in [0.05, 0.1) is 5.56 Å². The monoisotopic (exact) mass is 278 g/mol. The van der Waals surface area contributed by atoms with Gasteiger partial charge in [-0.2, -0.15) is 5.26 Å². The van der Waals surface area contributed by atoms with Gasteiger partial charge in [-0.25, -0.2) is 0 Å². The number of hydrogen-bond acceptors (Lipinski definition) is 1. The molecule has 2 aromatic carbocycles. The zero-order valence-electron chi connectivity index (χ0n) is 6.71. The zero-order chi connectivity index (χ0) is 9.26. The lowest BCUT2D eigenvalue weighted by atomic mass is 10.1. The summed E-state index contributed by atoms with van der Waals surface area (Å²) in [5.74, 6) is 0. The summed E-state index contributed by atoms with van der Waals surface area (Å²) >= 11 is 2.24. The molecule has 0 spiro atoms. The summed E-state index contributed by atoms with van der Waals surface area (Å²) in [6.07, 6.45) is 0. The number of hydrogen-bond donors (Lipinski definition) is 0. The first-order chi connectivity index (χ1) is 6.31. The van der Waals surface area contributed by atoms with Crippen molar-refractivity contribution >= 4 is 33.4 Å². The third-order valence-corrected chi connectivity index (χ3v) is 2.56. The molecule has 0 N–H and O–H groups in total. The van der Waals surface area contributed by atoms with Crippen molar-refractivity contribution in [1.29, 1.82) is 5.26 Å². The van der Waals surface area contributed by atoms with Gasteiger partial charge in [-0.15, -0.1) is 0 Å². The van der Waals surface area contributed by atoms with Crippen LogP contribution in [0.3, 0.4) is 0 Å². The van der Waals surface area contributed by atoms with E-state index in [9.17, 15) is 0 Å². The average molecular weight is 278 g/mol. The Balaban J connectivity index is 2.89. The van der Waals surface area contributed by atoms with E-state index in [1.807, 2.05) is 24.3 Å². The molecular weight excluding hydrogens is 273 g/mol. The summed E-state index contributed by atoms with van der Waals surface area (Å²) in [5.41, 5.74) is 0.621. The Labute approximate surface area is 90.1 Å². The quantitative estimate of drug-likeness (QED) is 0.679. The Morgan fingerprint density at radius 2 is 2.15 bits per heavy atom. The first-order valence-electron chi connectivity index (χ1n) is 3.81. The first kappa shape index (κ1) is 8.52. The molecule has 1 nitrogen and oxygen atoms in total. The molecule has 61 valence electrons. The molecule has 0 atom stereocenters. The van der Waals surface area contributed by atoms with Crippen LogP contribution in [0.25, 0.3) is 10.8 Å². The molecule has 0 saturated heterocycles. The van der Waals surface area contributed by atoms with E-state index in [0.29, 0.717) is 5.56 Å². The fourth-order valence-corrected chi connectivity index (χ4v) is 1.77. The van der Waals surface area contributed by atoms with Crippen LogP contribution >= 0.6 is 22.6 Å². The molecule has 0 amide bonds. The molecule has 13 heavy (non-hydrogen) atoms. The van der Waals surface area contributed by atoms with Crippen LogP contribution in [-0.2, 0) is 0 Å². The molecule has 0 fully saturated rings. The lowest BCUT2D eigenvalue weighted by molar-refractivity contribution is 1.50. The maximum atomic E-state index is 8.84. The molecule has 0 heterocycles. The summed E-state index contributed by atoms with van der Waals surface area (Å²) in [4.78, 5) is 0. The maximum absolute atomic E-state index is 8.84. The number of nitrogens with zero attached hydrogens (tertiary/aromatic N) is 1. The van der Waals surface area contributed by atoms with E-state index in [0.717, 1.165) is 14.3 Å². The van der Waals surface area contributed by atoms with E-state index in [1.54, 1.807) is 6.07 Å². The van der Waals surface area contributed by atoms with Gasteiger partial charge in [0, 0.05) is 15.0 Å². The van der Waals surface area contributed by atoms with Gasteiger partial charge >= 0.3 is 0 Å². The number of fused-ring (bicyclic) bond motifs is 1. The van der Waals surface area contributed by atoms with Gasteiger partial charge in [-0.1, -0.05) is 18.2 Å². The number of nitriles is 1. The summed E-state index contributed by atoms with van der Waals surface area (Å²) in [6, 6.07) is 14.9. The molecule has 0 bridgehead atoms. The molecule has 1 radical (unpaired) electrons. The average Bonchev–Trinajstić information content (AvgIpc) is 2.17. The van der Waals surface area contributed by atoms with Gasteiger partial charge in [-0.05, 0) is 40.1 Å². The second kappa shape index (κ2) is 3.35. The smallest absolute Gasteiger partial charge is 0.100 e. The van der Waals surface area contributed by atoms with Gasteiger partial charge < -0.3 is 0 Å². The van der Waals surface area contributed by atoms with Crippen LogP contribution in [-0.4, -0.2) is 0 Å². The normalized spacial score (nSPS) is 9.85. The van der Waals surface area contributed by atoms with Gasteiger partial charge in [0.1, 0.15) is 6.07 Å². The van der Waals surface area contributed by atoms with Crippen LogP contribution < -0.4 is 0 Å². The largest absolute Gasteiger partial charge is 0.192 e. The van der Waals surface area contributed by atoms with Crippen LogP contribution in [0.15, 0.2) is 30.3 Å². The van der Waals surface area contributed by atoms with Crippen molar-refractivity contribution in [2.45, 2.75) is 0 Å². The predicted molar refractivity (Wildman–Crippen MR) is 60.2 cm³/mol. The van der Waals surface area contributed by atoms with E-state index < -0.39 is 0 Å². The number of rotatable bonds is 0. The second-order valence-corrected chi connectivity index (χ2v) is 3.94. The van der Waals surface area contributed by atoms with Crippen LogP contribution in [0, 0.1) is 21.0 Å². The van der Waals surface area contributed by atoms with Crippen LogP contribution in [0.2, 0.25) is 0 Å². The minimum absolute atomic E-state index is 0.621. The predicted octanol–water partition coefficient (Wildman–Crippen LogP) is 3.12. The Bertz CT molecular complexity index is 497.